The Kier molecular flexibility index (Phi) is 8.73. The topological polar surface area (TPSA) is 68.8 Å². The van der Waals surface area contributed by atoms with E-state index in [0.717, 1.165) is 11.4 Å². The zero-order valence-corrected chi connectivity index (χ0v) is 15.6. The van der Waals surface area contributed by atoms with Gasteiger partial charge < -0.3 is 24.8 Å². The van der Waals surface area contributed by atoms with E-state index in [1.54, 1.807) is 12.1 Å². The first-order valence-corrected chi connectivity index (χ1v) is 8.89. The van der Waals surface area contributed by atoms with E-state index in [0.29, 0.717) is 37.9 Å². The van der Waals surface area contributed by atoms with Gasteiger partial charge in [-0.2, -0.15) is 0 Å². The maximum atomic E-state index is 12.1. The fraction of sp³-hybridized carbons (Fsp3) is 0.286. The average Bonchev–Trinajstić information content (AvgIpc) is 2.69. The van der Waals surface area contributed by atoms with Crippen LogP contribution in [0.4, 0.5) is 11.4 Å². The minimum Gasteiger partial charge on any atom is -0.491 e. The Hall–Kier alpha value is -2.99. The van der Waals surface area contributed by atoms with Gasteiger partial charge in [-0.3, -0.25) is 4.79 Å². The molecule has 2 N–H and O–H groups in total. The lowest BCUT2D eigenvalue weighted by atomic mass is 10.3. The molecule has 27 heavy (non-hydrogen) atoms. The van der Waals surface area contributed by atoms with Crippen molar-refractivity contribution in [3.63, 3.8) is 0 Å². The van der Waals surface area contributed by atoms with Crippen LogP contribution in [0.2, 0.25) is 0 Å². The van der Waals surface area contributed by atoms with Gasteiger partial charge in [0.1, 0.15) is 24.7 Å². The fourth-order valence-corrected chi connectivity index (χ4v) is 2.24. The Balaban J connectivity index is 1.75. The second kappa shape index (κ2) is 11.6. The van der Waals surface area contributed by atoms with Gasteiger partial charge in [0.05, 0.1) is 13.2 Å². The molecule has 0 fully saturated rings. The molecule has 6 heteroatoms. The Morgan fingerprint density at radius 3 is 2.59 bits per heavy atom. The van der Waals surface area contributed by atoms with Gasteiger partial charge in [0.2, 0.25) is 5.91 Å². The van der Waals surface area contributed by atoms with Gasteiger partial charge in [0, 0.05) is 24.0 Å². The van der Waals surface area contributed by atoms with E-state index in [1.165, 1.54) is 0 Å². The summed E-state index contributed by atoms with van der Waals surface area (Å²) >= 11 is 0. The van der Waals surface area contributed by atoms with Crippen LogP contribution < -0.4 is 20.1 Å². The number of benzene rings is 2. The number of rotatable bonds is 12. The first kappa shape index (κ1) is 20.3. The van der Waals surface area contributed by atoms with Crippen LogP contribution in [0.1, 0.15) is 6.92 Å². The number of hydrogen-bond donors (Lipinski definition) is 2. The maximum absolute atomic E-state index is 12.1. The molecule has 0 saturated heterocycles. The molecule has 0 radical (unpaired) electrons. The van der Waals surface area contributed by atoms with Crippen LogP contribution in [-0.2, 0) is 9.53 Å². The molecule has 0 aliphatic heterocycles. The predicted molar refractivity (Wildman–Crippen MR) is 108 cm³/mol. The molecular weight excluding hydrogens is 344 g/mol. The zero-order chi connectivity index (χ0) is 19.3. The number of nitrogens with one attached hydrogen (secondary N) is 2. The normalized spacial score (nSPS) is 10.1. The summed E-state index contributed by atoms with van der Waals surface area (Å²) < 4.78 is 16.2. The van der Waals surface area contributed by atoms with Gasteiger partial charge in [-0.25, -0.2) is 0 Å². The monoisotopic (exact) mass is 370 g/mol. The quantitative estimate of drug-likeness (QED) is 0.440. The highest BCUT2D eigenvalue weighted by molar-refractivity contribution is 5.93. The molecule has 2 aromatic carbocycles. The Morgan fingerprint density at radius 2 is 1.85 bits per heavy atom. The smallest absolute Gasteiger partial charge is 0.243 e. The molecule has 0 unspecified atom stereocenters. The van der Waals surface area contributed by atoms with Crippen molar-refractivity contribution in [2.75, 3.05) is 43.6 Å². The molecule has 144 valence electrons. The lowest BCUT2D eigenvalue weighted by Gasteiger charge is -2.10. The van der Waals surface area contributed by atoms with E-state index in [4.69, 9.17) is 14.2 Å². The Morgan fingerprint density at radius 1 is 1.04 bits per heavy atom. The number of carbonyl (C=O) groups is 1. The SMILES string of the molecule is C=CCOc1cccc(NC(=O)CNc2ccc(OCCOCC)cc2)c1. The van der Waals surface area contributed by atoms with E-state index in [9.17, 15) is 4.79 Å². The van der Waals surface area contributed by atoms with E-state index in [1.807, 2.05) is 49.4 Å². The lowest BCUT2D eigenvalue weighted by molar-refractivity contribution is -0.114. The minimum atomic E-state index is -0.145. The van der Waals surface area contributed by atoms with Gasteiger partial charge in [-0.1, -0.05) is 18.7 Å². The molecule has 6 nitrogen and oxygen atoms in total. The molecular formula is C21H26N2O4. The van der Waals surface area contributed by atoms with Crippen molar-refractivity contribution in [3.8, 4) is 11.5 Å². The third-order valence-electron chi connectivity index (χ3n) is 3.49. The first-order chi connectivity index (χ1) is 13.2. The summed E-state index contributed by atoms with van der Waals surface area (Å²) in [6, 6.07) is 14.7. The van der Waals surface area contributed by atoms with Crippen LogP contribution in [0.15, 0.2) is 61.2 Å². The van der Waals surface area contributed by atoms with Crippen LogP contribution in [0.25, 0.3) is 0 Å². The molecule has 1 amide bonds. The molecule has 0 aromatic heterocycles. The highest BCUT2D eigenvalue weighted by atomic mass is 16.5. The number of ether oxygens (including phenoxy) is 3. The number of carbonyl (C=O) groups excluding carboxylic acids is 1. The number of anilines is 2. The van der Waals surface area contributed by atoms with E-state index in [2.05, 4.69) is 17.2 Å². The van der Waals surface area contributed by atoms with E-state index >= 15 is 0 Å². The Bertz CT molecular complexity index is 716. The molecule has 0 bridgehead atoms. The Labute approximate surface area is 160 Å². The van der Waals surface area contributed by atoms with Gasteiger partial charge >= 0.3 is 0 Å². The van der Waals surface area contributed by atoms with Crippen LogP contribution in [-0.4, -0.2) is 38.9 Å². The van der Waals surface area contributed by atoms with Crippen molar-refractivity contribution in [1.82, 2.24) is 0 Å². The number of amides is 1. The van der Waals surface area contributed by atoms with Crippen LogP contribution in [0.3, 0.4) is 0 Å². The highest BCUT2D eigenvalue weighted by Crippen LogP contribution is 2.18. The van der Waals surface area contributed by atoms with Gasteiger partial charge in [-0.05, 0) is 43.3 Å². The summed E-state index contributed by atoms with van der Waals surface area (Å²) in [4.78, 5) is 12.1. The molecule has 0 aliphatic rings. The van der Waals surface area contributed by atoms with Crippen molar-refractivity contribution < 1.29 is 19.0 Å². The maximum Gasteiger partial charge on any atom is 0.243 e. The molecule has 2 aromatic rings. The molecule has 0 atom stereocenters. The summed E-state index contributed by atoms with van der Waals surface area (Å²) in [5, 5.41) is 5.91. The van der Waals surface area contributed by atoms with Crippen LogP contribution in [0.5, 0.6) is 11.5 Å². The molecule has 0 heterocycles. The largest absolute Gasteiger partial charge is 0.491 e. The summed E-state index contributed by atoms with van der Waals surface area (Å²) in [5.74, 6) is 1.30. The summed E-state index contributed by atoms with van der Waals surface area (Å²) in [6.07, 6.45) is 1.67. The number of hydrogen-bond acceptors (Lipinski definition) is 5. The first-order valence-electron chi connectivity index (χ1n) is 8.89. The molecule has 0 saturated carbocycles. The second-order valence-corrected chi connectivity index (χ2v) is 5.60. The van der Waals surface area contributed by atoms with Crippen molar-refractivity contribution in [2.24, 2.45) is 0 Å². The van der Waals surface area contributed by atoms with Gasteiger partial charge in [0.25, 0.3) is 0 Å². The summed E-state index contributed by atoms with van der Waals surface area (Å²) in [6.45, 7) is 7.89. The standard InChI is InChI=1S/C21H26N2O4/c1-3-12-26-20-7-5-6-18(15-20)23-21(24)16-22-17-8-10-19(11-9-17)27-14-13-25-4-2/h3,5-11,15,22H,1,4,12-14,16H2,2H3,(H,23,24). The third kappa shape index (κ3) is 7.83. The summed E-state index contributed by atoms with van der Waals surface area (Å²) in [7, 11) is 0. The predicted octanol–water partition coefficient (Wildman–Crippen LogP) is 3.72. The zero-order valence-electron chi connectivity index (χ0n) is 15.6. The van der Waals surface area contributed by atoms with Crippen molar-refractivity contribution in [2.45, 2.75) is 6.92 Å². The second-order valence-electron chi connectivity index (χ2n) is 5.60. The van der Waals surface area contributed by atoms with E-state index in [-0.39, 0.29) is 12.5 Å². The highest BCUT2D eigenvalue weighted by Gasteiger charge is 2.04. The fourth-order valence-electron chi connectivity index (χ4n) is 2.24. The average molecular weight is 370 g/mol. The minimum absolute atomic E-state index is 0.145. The molecule has 0 spiro atoms. The summed E-state index contributed by atoms with van der Waals surface area (Å²) in [5.41, 5.74) is 1.52. The lowest BCUT2D eigenvalue weighted by Crippen LogP contribution is -2.21. The van der Waals surface area contributed by atoms with Crippen LogP contribution >= 0.6 is 0 Å². The third-order valence-corrected chi connectivity index (χ3v) is 3.49. The van der Waals surface area contributed by atoms with Crippen molar-refractivity contribution in [3.05, 3.63) is 61.2 Å². The van der Waals surface area contributed by atoms with Crippen molar-refractivity contribution >= 4 is 17.3 Å². The van der Waals surface area contributed by atoms with Crippen LogP contribution in [0, 0.1) is 0 Å². The van der Waals surface area contributed by atoms with Gasteiger partial charge in [0.15, 0.2) is 0 Å². The van der Waals surface area contributed by atoms with Crippen molar-refractivity contribution in [1.29, 1.82) is 0 Å². The molecule has 2 rings (SSSR count). The van der Waals surface area contributed by atoms with Gasteiger partial charge in [-0.15, -0.1) is 0 Å². The van der Waals surface area contributed by atoms with E-state index < -0.39 is 0 Å². The molecule has 0 aliphatic carbocycles.